The summed E-state index contributed by atoms with van der Waals surface area (Å²) in [4.78, 5) is 4.78. The second-order valence-electron chi connectivity index (χ2n) is 7.67. The summed E-state index contributed by atoms with van der Waals surface area (Å²) in [7, 11) is 0. The molecule has 0 N–H and O–H groups in total. The highest BCUT2D eigenvalue weighted by atomic mass is 32.1. The first kappa shape index (κ1) is 12.8. The second kappa shape index (κ2) is 3.90. The third-order valence-electron chi connectivity index (χ3n) is 6.73. The van der Waals surface area contributed by atoms with Crippen molar-refractivity contribution in [2.24, 2.45) is 40.0 Å². The molecule has 2 unspecified atom stereocenters. The van der Waals surface area contributed by atoms with Gasteiger partial charge in [0, 0.05) is 0 Å². The van der Waals surface area contributed by atoms with E-state index in [1.165, 1.54) is 25.7 Å². The molecule has 0 radical (unpaired) electrons. The van der Waals surface area contributed by atoms with Crippen molar-refractivity contribution in [3.8, 4) is 0 Å². The molecule has 0 saturated heterocycles. The van der Waals surface area contributed by atoms with E-state index in [0.717, 1.165) is 23.7 Å². The van der Waals surface area contributed by atoms with Crippen LogP contribution >= 0.6 is 12.2 Å². The average molecular weight is 263 g/mol. The molecular formula is C16H25NS. The van der Waals surface area contributed by atoms with Gasteiger partial charge in [0.05, 0.1) is 10.7 Å². The molecule has 0 aromatic carbocycles. The number of aliphatic imine (C=N–C) groups is 1. The van der Waals surface area contributed by atoms with Crippen molar-refractivity contribution in [2.45, 2.75) is 58.9 Å². The highest BCUT2D eigenvalue weighted by molar-refractivity contribution is 7.78. The van der Waals surface area contributed by atoms with Gasteiger partial charge in [-0.05, 0) is 72.9 Å². The van der Waals surface area contributed by atoms with E-state index < -0.39 is 0 Å². The highest BCUT2D eigenvalue weighted by Gasteiger charge is 2.69. The Balaban J connectivity index is 2.06. The van der Waals surface area contributed by atoms with Crippen LogP contribution < -0.4 is 0 Å². The van der Waals surface area contributed by atoms with Crippen LogP contribution in [0.1, 0.15) is 53.4 Å². The van der Waals surface area contributed by atoms with Gasteiger partial charge in [0.1, 0.15) is 0 Å². The van der Waals surface area contributed by atoms with E-state index in [0.29, 0.717) is 11.3 Å². The summed E-state index contributed by atoms with van der Waals surface area (Å²) in [6, 6.07) is 0. The average Bonchev–Trinajstić information content (AvgIpc) is 2.73. The smallest absolute Gasteiger partial charge is 0.0769 e. The van der Waals surface area contributed by atoms with Crippen molar-refractivity contribution in [3.63, 3.8) is 0 Å². The molecule has 0 heterocycles. The van der Waals surface area contributed by atoms with Crippen molar-refractivity contribution >= 4 is 17.4 Å². The number of rotatable bonds is 1. The number of nitrogens with zero attached hydrogens (tertiary/aromatic N) is 1. The lowest BCUT2D eigenvalue weighted by Crippen LogP contribution is -2.41. The molecular weight excluding hydrogens is 238 g/mol. The zero-order valence-electron chi connectivity index (χ0n) is 12.1. The normalized spacial score (nSPS) is 52.8. The van der Waals surface area contributed by atoms with Crippen LogP contribution in [-0.4, -0.2) is 10.7 Å². The Hall–Kier alpha value is -0.200. The van der Waals surface area contributed by atoms with Gasteiger partial charge in [-0.15, -0.1) is 0 Å². The first-order chi connectivity index (χ1) is 8.45. The zero-order chi connectivity index (χ0) is 13.1. The fourth-order valence-electron chi connectivity index (χ4n) is 5.59. The minimum atomic E-state index is 0.133. The first-order valence-corrected chi connectivity index (χ1v) is 7.95. The maximum Gasteiger partial charge on any atom is 0.0769 e. The molecule has 0 spiro atoms. The van der Waals surface area contributed by atoms with E-state index in [1.54, 1.807) is 0 Å². The van der Waals surface area contributed by atoms with Crippen molar-refractivity contribution in [1.82, 2.24) is 0 Å². The number of hydrogen-bond acceptors (Lipinski definition) is 2. The van der Waals surface area contributed by atoms with Gasteiger partial charge in [0.15, 0.2) is 0 Å². The van der Waals surface area contributed by atoms with Gasteiger partial charge in [0.25, 0.3) is 0 Å². The summed E-state index contributed by atoms with van der Waals surface area (Å²) < 4.78 is 0. The summed E-state index contributed by atoms with van der Waals surface area (Å²) in [6.07, 6.45) is 5.29. The van der Waals surface area contributed by atoms with Crippen LogP contribution in [0.5, 0.6) is 0 Å². The van der Waals surface area contributed by atoms with Crippen molar-refractivity contribution in [2.75, 3.05) is 0 Å². The van der Waals surface area contributed by atoms with Gasteiger partial charge in [-0.1, -0.05) is 27.7 Å². The van der Waals surface area contributed by atoms with Gasteiger partial charge >= 0.3 is 0 Å². The van der Waals surface area contributed by atoms with Crippen LogP contribution in [0.2, 0.25) is 0 Å². The quantitative estimate of drug-likeness (QED) is 0.498. The van der Waals surface area contributed by atoms with Crippen LogP contribution in [0.15, 0.2) is 4.99 Å². The van der Waals surface area contributed by atoms with Gasteiger partial charge < -0.3 is 0 Å². The zero-order valence-corrected chi connectivity index (χ0v) is 12.9. The molecule has 0 amide bonds. The summed E-state index contributed by atoms with van der Waals surface area (Å²) in [5.74, 6) is 4.07. The molecule has 0 aliphatic heterocycles. The van der Waals surface area contributed by atoms with Gasteiger partial charge in [0.2, 0.25) is 0 Å². The topological polar surface area (TPSA) is 12.4 Å². The Bertz CT molecular complexity index is 409. The van der Waals surface area contributed by atoms with Crippen molar-refractivity contribution in [3.05, 3.63) is 0 Å². The van der Waals surface area contributed by atoms with Crippen LogP contribution in [-0.2, 0) is 0 Å². The standard InChI is InChI=1S/C16H25NS/c1-10-7-8-16(17-9-18)11(2)5-6-12-14(13(10)16)15(12,3)4/h10-14H,5-8H2,1-4H3/t10-,11+,12?,13+,14?,16+/m0/s1. The monoisotopic (exact) mass is 263 g/mol. The summed E-state index contributed by atoms with van der Waals surface area (Å²) >= 11 is 4.98. The highest BCUT2D eigenvalue weighted by Crippen LogP contribution is 2.72. The molecule has 3 aliphatic carbocycles. The van der Waals surface area contributed by atoms with Gasteiger partial charge in [-0.2, -0.15) is 0 Å². The predicted molar refractivity (Wildman–Crippen MR) is 78.8 cm³/mol. The van der Waals surface area contributed by atoms with Crippen molar-refractivity contribution in [1.29, 1.82) is 0 Å². The predicted octanol–water partition coefficient (Wildman–Crippen LogP) is 4.58. The molecule has 100 valence electrons. The minimum absolute atomic E-state index is 0.133. The third kappa shape index (κ3) is 1.45. The summed E-state index contributed by atoms with van der Waals surface area (Å²) in [5.41, 5.74) is 0.681. The molecule has 3 fully saturated rings. The second-order valence-corrected chi connectivity index (χ2v) is 7.85. The van der Waals surface area contributed by atoms with Crippen LogP contribution in [0.4, 0.5) is 0 Å². The minimum Gasteiger partial charge on any atom is -0.225 e. The summed E-state index contributed by atoms with van der Waals surface area (Å²) in [6.45, 7) is 9.78. The van der Waals surface area contributed by atoms with Crippen LogP contribution in [0.3, 0.4) is 0 Å². The van der Waals surface area contributed by atoms with E-state index in [2.05, 4.69) is 32.9 Å². The Morgan fingerprint density at radius 1 is 1.11 bits per heavy atom. The molecule has 1 nitrogen and oxygen atoms in total. The summed E-state index contributed by atoms with van der Waals surface area (Å²) in [5, 5.41) is 2.75. The number of hydrogen-bond donors (Lipinski definition) is 0. The molecule has 0 aromatic heterocycles. The molecule has 18 heavy (non-hydrogen) atoms. The van der Waals surface area contributed by atoms with E-state index in [1.807, 2.05) is 0 Å². The number of isothiocyanates is 1. The number of fused-ring (bicyclic) bond motifs is 3. The lowest BCUT2D eigenvalue weighted by molar-refractivity contribution is 0.163. The van der Waals surface area contributed by atoms with Gasteiger partial charge in [-0.25, -0.2) is 4.99 Å². The SMILES string of the molecule is C[C@@H]1CCC2C([C@H]3[C@@H](C)CC[C@@]13N=C=S)C2(C)C. The molecule has 3 aliphatic rings. The van der Waals surface area contributed by atoms with Gasteiger partial charge in [-0.3, -0.25) is 0 Å². The van der Waals surface area contributed by atoms with E-state index in [9.17, 15) is 0 Å². The Kier molecular flexibility index (Phi) is 2.78. The third-order valence-corrected chi connectivity index (χ3v) is 6.83. The fraction of sp³-hybridized carbons (Fsp3) is 0.938. The lowest BCUT2D eigenvalue weighted by atomic mass is 9.71. The largest absolute Gasteiger partial charge is 0.225 e. The van der Waals surface area contributed by atoms with E-state index in [-0.39, 0.29) is 5.54 Å². The van der Waals surface area contributed by atoms with Crippen molar-refractivity contribution < 1.29 is 0 Å². The molecule has 0 aromatic rings. The molecule has 6 atom stereocenters. The maximum absolute atomic E-state index is 4.98. The molecule has 3 rings (SSSR count). The Morgan fingerprint density at radius 2 is 1.83 bits per heavy atom. The van der Waals surface area contributed by atoms with Crippen LogP contribution in [0, 0.1) is 35.0 Å². The van der Waals surface area contributed by atoms with Crippen LogP contribution in [0.25, 0.3) is 0 Å². The maximum atomic E-state index is 4.98. The molecule has 3 saturated carbocycles. The lowest BCUT2D eigenvalue weighted by Gasteiger charge is -2.38. The molecule has 2 heteroatoms. The number of thiocarbonyl (C=S) groups is 1. The first-order valence-electron chi connectivity index (χ1n) is 7.54. The van der Waals surface area contributed by atoms with E-state index >= 15 is 0 Å². The Labute approximate surface area is 116 Å². The Morgan fingerprint density at radius 3 is 2.50 bits per heavy atom. The molecule has 0 bridgehead atoms. The fourth-order valence-corrected chi connectivity index (χ4v) is 5.76. The van der Waals surface area contributed by atoms with E-state index in [4.69, 9.17) is 17.2 Å².